The SMILES string of the molecule is CNCc1c(F)cccc1N1CCCC(C)(C)CC1. The molecule has 1 fully saturated rings. The third-order valence-corrected chi connectivity index (χ3v) is 4.13. The van der Waals surface area contributed by atoms with Crippen molar-refractivity contribution in [1.82, 2.24) is 5.32 Å². The van der Waals surface area contributed by atoms with Gasteiger partial charge in [0.2, 0.25) is 0 Å². The summed E-state index contributed by atoms with van der Waals surface area (Å²) in [6, 6.07) is 5.42. The van der Waals surface area contributed by atoms with Crippen molar-refractivity contribution in [2.75, 3.05) is 25.0 Å². The van der Waals surface area contributed by atoms with Gasteiger partial charge in [-0.25, -0.2) is 4.39 Å². The molecule has 1 N–H and O–H groups in total. The Balaban J connectivity index is 2.23. The molecule has 1 aromatic rings. The zero-order valence-electron chi connectivity index (χ0n) is 12.3. The van der Waals surface area contributed by atoms with Crippen molar-refractivity contribution in [3.8, 4) is 0 Å². The van der Waals surface area contributed by atoms with E-state index in [4.69, 9.17) is 0 Å². The van der Waals surface area contributed by atoms with E-state index >= 15 is 0 Å². The lowest BCUT2D eigenvalue weighted by atomic mass is 9.85. The van der Waals surface area contributed by atoms with E-state index in [0.717, 1.165) is 24.3 Å². The van der Waals surface area contributed by atoms with Crippen LogP contribution >= 0.6 is 0 Å². The molecule has 0 spiro atoms. The summed E-state index contributed by atoms with van der Waals surface area (Å²) in [4.78, 5) is 2.35. The van der Waals surface area contributed by atoms with Gasteiger partial charge >= 0.3 is 0 Å². The van der Waals surface area contributed by atoms with Crippen molar-refractivity contribution in [1.29, 1.82) is 0 Å². The van der Waals surface area contributed by atoms with Crippen LogP contribution in [0.5, 0.6) is 0 Å². The molecule has 0 amide bonds. The smallest absolute Gasteiger partial charge is 0.129 e. The van der Waals surface area contributed by atoms with Gasteiger partial charge in [-0.2, -0.15) is 0 Å². The summed E-state index contributed by atoms with van der Waals surface area (Å²) in [5.74, 6) is -0.102. The topological polar surface area (TPSA) is 15.3 Å². The molecule has 0 atom stereocenters. The third kappa shape index (κ3) is 3.47. The van der Waals surface area contributed by atoms with E-state index in [1.807, 2.05) is 19.2 Å². The Bertz CT molecular complexity index is 429. The van der Waals surface area contributed by atoms with Crippen molar-refractivity contribution >= 4 is 5.69 Å². The van der Waals surface area contributed by atoms with Crippen LogP contribution in [0.2, 0.25) is 0 Å². The van der Waals surface area contributed by atoms with Crippen LogP contribution in [0.25, 0.3) is 0 Å². The van der Waals surface area contributed by atoms with E-state index in [1.54, 1.807) is 6.07 Å². The molecular formula is C16H25FN2. The molecule has 0 unspecified atom stereocenters. The van der Waals surface area contributed by atoms with Gasteiger partial charge in [0.05, 0.1) is 0 Å². The maximum Gasteiger partial charge on any atom is 0.129 e. The molecule has 19 heavy (non-hydrogen) atoms. The van der Waals surface area contributed by atoms with Gasteiger partial charge in [0.1, 0.15) is 5.82 Å². The predicted molar refractivity (Wildman–Crippen MR) is 79.0 cm³/mol. The molecule has 0 radical (unpaired) electrons. The average Bonchev–Trinajstić information content (AvgIpc) is 2.53. The Kier molecular flexibility index (Phi) is 4.46. The molecule has 3 heteroatoms. The number of anilines is 1. The summed E-state index contributed by atoms with van der Waals surface area (Å²) in [6.45, 7) is 7.30. The molecule has 1 saturated heterocycles. The van der Waals surface area contributed by atoms with E-state index in [0.29, 0.717) is 12.0 Å². The fourth-order valence-electron chi connectivity index (χ4n) is 2.86. The summed E-state index contributed by atoms with van der Waals surface area (Å²) < 4.78 is 14.0. The molecule has 2 nitrogen and oxygen atoms in total. The van der Waals surface area contributed by atoms with Crippen molar-refractivity contribution in [3.05, 3.63) is 29.6 Å². The van der Waals surface area contributed by atoms with Crippen molar-refractivity contribution < 1.29 is 4.39 Å². The van der Waals surface area contributed by atoms with Gasteiger partial charge < -0.3 is 10.2 Å². The lowest BCUT2D eigenvalue weighted by Crippen LogP contribution is -2.27. The Morgan fingerprint density at radius 3 is 2.79 bits per heavy atom. The Hall–Kier alpha value is -1.09. The van der Waals surface area contributed by atoms with Crippen molar-refractivity contribution in [2.24, 2.45) is 5.41 Å². The summed E-state index contributed by atoms with van der Waals surface area (Å²) in [5, 5.41) is 3.07. The third-order valence-electron chi connectivity index (χ3n) is 4.13. The number of halogens is 1. The molecule has 2 rings (SSSR count). The minimum atomic E-state index is -0.102. The van der Waals surface area contributed by atoms with E-state index in [9.17, 15) is 4.39 Å². The number of nitrogens with one attached hydrogen (secondary N) is 1. The molecule has 1 aromatic carbocycles. The zero-order chi connectivity index (χ0) is 13.9. The van der Waals surface area contributed by atoms with Crippen LogP contribution in [0.15, 0.2) is 18.2 Å². The van der Waals surface area contributed by atoms with Crippen LogP contribution in [0.1, 0.15) is 38.7 Å². The monoisotopic (exact) mass is 264 g/mol. The molecule has 1 heterocycles. The molecule has 0 bridgehead atoms. The highest BCUT2D eigenvalue weighted by Crippen LogP contribution is 2.33. The van der Waals surface area contributed by atoms with Crippen LogP contribution in [0, 0.1) is 11.2 Å². The van der Waals surface area contributed by atoms with E-state index in [1.165, 1.54) is 19.3 Å². The Labute approximate surface area is 116 Å². The summed E-state index contributed by atoms with van der Waals surface area (Å²) >= 11 is 0. The maximum atomic E-state index is 14.0. The highest BCUT2D eigenvalue weighted by molar-refractivity contribution is 5.54. The molecule has 106 valence electrons. The van der Waals surface area contributed by atoms with E-state index in [2.05, 4.69) is 24.1 Å². The van der Waals surface area contributed by atoms with Crippen LogP contribution in [-0.4, -0.2) is 20.1 Å². The lowest BCUT2D eigenvalue weighted by molar-refractivity contribution is 0.325. The second kappa shape index (κ2) is 5.91. The largest absolute Gasteiger partial charge is 0.371 e. The standard InChI is InChI=1S/C16H25FN2/c1-16(2)8-5-10-19(11-9-16)15-7-4-6-14(17)13(15)12-18-3/h4,6-7,18H,5,8-12H2,1-3H3. The number of benzene rings is 1. The highest BCUT2D eigenvalue weighted by Gasteiger charge is 2.24. The zero-order valence-corrected chi connectivity index (χ0v) is 12.3. The van der Waals surface area contributed by atoms with Gasteiger partial charge in [-0.1, -0.05) is 19.9 Å². The van der Waals surface area contributed by atoms with Gasteiger partial charge in [-0.3, -0.25) is 0 Å². The number of rotatable bonds is 3. The van der Waals surface area contributed by atoms with Crippen LogP contribution < -0.4 is 10.2 Å². The second-order valence-electron chi connectivity index (χ2n) is 6.27. The van der Waals surface area contributed by atoms with Gasteiger partial charge in [0.15, 0.2) is 0 Å². The lowest BCUT2D eigenvalue weighted by Gasteiger charge is -2.27. The summed E-state index contributed by atoms with van der Waals surface area (Å²) in [7, 11) is 1.86. The maximum absolute atomic E-state index is 14.0. The van der Waals surface area contributed by atoms with Gasteiger partial charge in [0, 0.05) is 30.9 Å². The Morgan fingerprint density at radius 1 is 1.26 bits per heavy atom. The minimum Gasteiger partial charge on any atom is -0.371 e. The van der Waals surface area contributed by atoms with Crippen molar-refractivity contribution in [2.45, 2.75) is 39.7 Å². The quantitative estimate of drug-likeness (QED) is 0.898. The second-order valence-corrected chi connectivity index (χ2v) is 6.27. The minimum absolute atomic E-state index is 0.102. The summed E-state index contributed by atoms with van der Waals surface area (Å²) in [5.41, 5.74) is 2.27. The van der Waals surface area contributed by atoms with Crippen LogP contribution in [0.3, 0.4) is 0 Å². The molecule has 0 saturated carbocycles. The average molecular weight is 264 g/mol. The first kappa shape index (κ1) is 14.3. The molecule has 1 aliphatic heterocycles. The first-order chi connectivity index (χ1) is 9.03. The first-order valence-corrected chi connectivity index (χ1v) is 7.20. The van der Waals surface area contributed by atoms with E-state index in [-0.39, 0.29) is 5.82 Å². The van der Waals surface area contributed by atoms with Gasteiger partial charge in [-0.05, 0) is 43.9 Å². The highest BCUT2D eigenvalue weighted by atomic mass is 19.1. The molecule has 0 aliphatic carbocycles. The predicted octanol–water partition coefficient (Wildman–Crippen LogP) is 3.56. The Morgan fingerprint density at radius 2 is 2.05 bits per heavy atom. The fourth-order valence-corrected chi connectivity index (χ4v) is 2.86. The number of nitrogens with zero attached hydrogens (tertiary/aromatic N) is 1. The molecule has 0 aromatic heterocycles. The number of hydrogen-bond acceptors (Lipinski definition) is 2. The van der Waals surface area contributed by atoms with E-state index < -0.39 is 0 Å². The molecular weight excluding hydrogens is 239 g/mol. The van der Waals surface area contributed by atoms with Crippen LogP contribution in [0.4, 0.5) is 10.1 Å². The van der Waals surface area contributed by atoms with Gasteiger partial charge in [0.25, 0.3) is 0 Å². The summed E-state index contributed by atoms with van der Waals surface area (Å²) in [6.07, 6.45) is 3.60. The molecule has 1 aliphatic rings. The first-order valence-electron chi connectivity index (χ1n) is 7.20. The van der Waals surface area contributed by atoms with Crippen LogP contribution in [-0.2, 0) is 6.54 Å². The fraction of sp³-hybridized carbons (Fsp3) is 0.625. The van der Waals surface area contributed by atoms with Gasteiger partial charge in [-0.15, -0.1) is 0 Å². The normalized spacial score (nSPS) is 19.3. The number of hydrogen-bond donors (Lipinski definition) is 1. The van der Waals surface area contributed by atoms with Crippen molar-refractivity contribution in [3.63, 3.8) is 0 Å².